The third-order valence-corrected chi connectivity index (χ3v) is 5.01. The Morgan fingerprint density at radius 3 is 3.05 bits per heavy atom. The Morgan fingerprint density at radius 2 is 2.32 bits per heavy atom. The molecule has 0 bridgehead atoms. The molecular weight excluding hydrogens is 282 g/mol. The topological polar surface area (TPSA) is 47.6 Å². The maximum Gasteiger partial charge on any atom is 0.246 e. The molecule has 0 saturated carbocycles. The van der Waals surface area contributed by atoms with Crippen molar-refractivity contribution in [3.05, 3.63) is 0 Å². The molecule has 6 heteroatoms. The first kappa shape index (κ1) is 16.7. The van der Waals surface area contributed by atoms with Gasteiger partial charge in [-0.25, -0.2) is 0 Å². The number of hydrogen-bond donors (Lipinski definition) is 1. The van der Waals surface area contributed by atoms with Crippen molar-refractivity contribution in [2.24, 2.45) is 0 Å². The Balaban J connectivity index is 1.90. The van der Waals surface area contributed by atoms with Crippen LogP contribution in [0.4, 0.5) is 0 Å². The van der Waals surface area contributed by atoms with Crippen LogP contribution in [-0.4, -0.2) is 43.5 Å². The van der Waals surface area contributed by atoms with Gasteiger partial charge in [-0.05, 0) is 12.8 Å². The van der Waals surface area contributed by atoms with Crippen molar-refractivity contribution in [3.63, 3.8) is 0 Å². The molecule has 4 nitrogen and oxygen atoms in total. The van der Waals surface area contributed by atoms with E-state index in [0.717, 1.165) is 12.8 Å². The number of hydrogen-bond acceptors (Lipinski definition) is 5. The highest BCUT2D eigenvalue weighted by atomic mass is 33.1. The first-order valence-electron chi connectivity index (χ1n) is 6.53. The van der Waals surface area contributed by atoms with E-state index in [9.17, 15) is 4.79 Å². The molecule has 1 aliphatic rings. The minimum absolute atomic E-state index is 0.0731. The molecule has 1 unspecified atom stereocenters. The molecule has 0 spiro atoms. The summed E-state index contributed by atoms with van der Waals surface area (Å²) >= 11 is 0. The first-order chi connectivity index (χ1) is 9.33. The van der Waals surface area contributed by atoms with Gasteiger partial charge in [0.05, 0.1) is 19.8 Å². The Labute approximate surface area is 123 Å². The fourth-order valence-corrected chi connectivity index (χ4v) is 3.88. The Kier molecular flexibility index (Phi) is 10.1. The van der Waals surface area contributed by atoms with Crippen LogP contribution in [0.25, 0.3) is 0 Å². The minimum Gasteiger partial charge on any atom is -0.369 e. The van der Waals surface area contributed by atoms with Crippen molar-refractivity contribution in [1.82, 2.24) is 5.32 Å². The van der Waals surface area contributed by atoms with Crippen LogP contribution >= 0.6 is 21.6 Å². The van der Waals surface area contributed by atoms with Crippen molar-refractivity contribution in [3.8, 4) is 11.8 Å². The molecule has 0 radical (unpaired) electrons. The molecule has 1 atom stereocenters. The van der Waals surface area contributed by atoms with Crippen molar-refractivity contribution in [2.45, 2.75) is 31.6 Å². The summed E-state index contributed by atoms with van der Waals surface area (Å²) in [6.07, 6.45) is 3.12. The molecule has 1 heterocycles. The number of amides is 1. The van der Waals surface area contributed by atoms with Crippen molar-refractivity contribution in [1.29, 1.82) is 0 Å². The second-order valence-corrected chi connectivity index (χ2v) is 6.54. The smallest absolute Gasteiger partial charge is 0.246 e. The Bertz CT molecular complexity index is 309. The van der Waals surface area contributed by atoms with Crippen molar-refractivity contribution in [2.75, 3.05) is 32.1 Å². The summed E-state index contributed by atoms with van der Waals surface area (Å²) in [6.45, 7) is 3.43. The lowest BCUT2D eigenvalue weighted by Crippen LogP contribution is -2.28. The third-order valence-electron chi connectivity index (χ3n) is 2.28. The first-order valence-corrected chi connectivity index (χ1v) is 8.91. The van der Waals surface area contributed by atoms with Gasteiger partial charge in [-0.3, -0.25) is 4.79 Å². The van der Waals surface area contributed by atoms with Gasteiger partial charge in [-0.15, -0.1) is 5.92 Å². The van der Waals surface area contributed by atoms with Gasteiger partial charge in [0.25, 0.3) is 0 Å². The van der Waals surface area contributed by atoms with Gasteiger partial charge in [-0.2, -0.15) is 0 Å². The SMILES string of the molecule is CCC#CCNC(=O)COCCOC1CCCSS1. The van der Waals surface area contributed by atoms with E-state index >= 15 is 0 Å². The summed E-state index contributed by atoms with van der Waals surface area (Å²) in [6, 6.07) is 0. The van der Waals surface area contributed by atoms with Crippen LogP contribution in [0, 0.1) is 11.8 Å². The van der Waals surface area contributed by atoms with Crippen LogP contribution in [0.1, 0.15) is 26.2 Å². The molecule has 0 aromatic heterocycles. The molecule has 0 aliphatic carbocycles. The zero-order valence-electron chi connectivity index (χ0n) is 11.3. The average Bonchev–Trinajstić information content (AvgIpc) is 2.44. The molecule has 1 saturated heterocycles. The fourth-order valence-electron chi connectivity index (χ4n) is 1.38. The predicted octanol–water partition coefficient (Wildman–Crippen LogP) is 2.05. The zero-order valence-corrected chi connectivity index (χ0v) is 12.9. The molecule has 0 aromatic carbocycles. The highest BCUT2D eigenvalue weighted by Gasteiger charge is 2.14. The quantitative estimate of drug-likeness (QED) is 0.443. The van der Waals surface area contributed by atoms with Gasteiger partial charge in [0, 0.05) is 12.2 Å². The number of nitrogens with one attached hydrogen (secondary N) is 1. The third kappa shape index (κ3) is 9.22. The van der Waals surface area contributed by atoms with E-state index in [-0.39, 0.29) is 18.0 Å². The molecule has 1 fully saturated rings. The predicted molar refractivity (Wildman–Crippen MR) is 80.9 cm³/mol. The molecule has 108 valence electrons. The maximum atomic E-state index is 11.3. The summed E-state index contributed by atoms with van der Waals surface area (Å²) in [5, 5.41) is 2.67. The van der Waals surface area contributed by atoms with Gasteiger partial charge in [-0.1, -0.05) is 34.4 Å². The normalized spacial score (nSPS) is 18.5. The number of carbonyl (C=O) groups excluding carboxylic acids is 1. The van der Waals surface area contributed by atoms with E-state index in [1.807, 2.05) is 17.7 Å². The van der Waals surface area contributed by atoms with Crippen molar-refractivity contribution < 1.29 is 14.3 Å². The second kappa shape index (κ2) is 11.5. The van der Waals surface area contributed by atoms with E-state index < -0.39 is 0 Å². The summed E-state index contributed by atoms with van der Waals surface area (Å²) in [7, 11) is 3.65. The summed E-state index contributed by atoms with van der Waals surface area (Å²) < 4.78 is 10.9. The highest BCUT2D eigenvalue weighted by molar-refractivity contribution is 8.77. The molecule has 1 rings (SSSR count). The van der Waals surface area contributed by atoms with E-state index in [1.54, 1.807) is 10.8 Å². The van der Waals surface area contributed by atoms with Crippen LogP contribution in [-0.2, 0) is 14.3 Å². The molecule has 0 aromatic rings. The number of rotatable bonds is 7. The summed E-state index contributed by atoms with van der Waals surface area (Å²) in [4.78, 5) is 11.3. The Hall–Kier alpha value is -0.350. The Morgan fingerprint density at radius 1 is 1.42 bits per heavy atom. The lowest BCUT2D eigenvalue weighted by Gasteiger charge is -2.20. The van der Waals surface area contributed by atoms with Crippen LogP contribution in [0.15, 0.2) is 0 Å². The zero-order chi connectivity index (χ0) is 13.8. The average molecular weight is 303 g/mol. The summed E-state index contributed by atoms with van der Waals surface area (Å²) in [5.41, 5.74) is 0.278. The lowest BCUT2D eigenvalue weighted by atomic mass is 10.3. The molecule has 19 heavy (non-hydrogen) atoms. The van der Waals surface area contributed by atoms with E-state index in [4.69, 9.17) is 9.47 Å². The van der Waals surface area contributed by atoms with Gasteiger partial charge in [0.2, 0.25) is 5.91 Å². The second-order valence-electron chi connectivity index (χ2n) is 3.90. The van der Waals surface area contributed by atoms with E-state index in [1.165, 1.54) is 12.2 Å². The molecule has 1 aliphatic heterocycles. The van der Waals surface area contributed by atoms with Crippen LogP contribution in [0.2, 0.25) is 0 Å². The largest absolute Gasteiger partial charge is 0.369 e. The standard InChI is InChI=1S/C13H21NO3S2/c1-2-3-4-7-14-12(15)11-16-8-9-17-13-6-5-10-18-19-13/h13H,2,5-11H2,1H3,(H,14,15). The van der Waals surface area contributed by atoms with Gasteiger partial charge < -0.3 is 14.8 Å². The van der Waals surface area contributed by atoms with E-state index in [0.29, 0.717) is 19.8 Å². The minimum atomic E-state index is -0.131. The maximum absolute atomic E-state index is 11.3. The molecule has 1 amide bonds. The number of carbonyl (C=O) groups is 1. The monoisotopic (exact) mass is 303 g/mol. The van der Waals surface area contributed by atoms with Gasteiger partial charge >= 0.3 is 0 Å². The van der Waals surface area contributed by atoms with Gasteiger partial charge in [0.1, 0.15) is 12.0 Å². The van der Waals surface area contributed by atoms with Crippen LogP contribution in [0.5, 0.6) is 0 Å². The summed E-state index contributed by atoms with van der Waals surface area (Å²) in [5.74, 6) is 6.81. The number of ether oxygens (including phenoxy) is 2. The molecule has 1 N–H and O–H groups in total. The van der Waals surface area contributed by atoms with Crippen molar-refractivity contribution >= 4 is 27.5 Å². The van der Waals surface area contributed by atoms with Crippen LogP contribution in [0.3, 0.4) is 0 Å². The fraction of sp³-hybridized carbons (Fsp3) is 0.769. The van der Waals surface area contributed by atoms with E-state index in [2.05, 4.69) is 17.2 Å². The highest BCUT2D eigenvalue weighted by Crippen LogP contribution is 2.35. The van der Waals surface area contributed by atoms with Gasteiger partial charge in [0.15, 0.2) is 0 Å². The molecular formula is C13H21NO3S2. The van der Waals surface area contributed by atoms with Crippen LogP contribution < -0.4 is 5.32 Å². The lowest BCUT2D eigenvalue weighted by molar-refractivity contribution is -0.126.